The van der Waals surface area contributed by atoms with Gasteiger partial charge in [0.05, 0.1) is 19.8 Å². The number of esters is 3. The van der Waals surface area contributed by atoms with Crippen LogP contribution < -0.4 is 10.1 Å². The van der Waals surface area contributed by atoms with Crippen molar-refractivity contribution in [1.82, 2.24) is 10.2 Å². The monoisotopic (exact) mass is 955 g/mol. The van der Waals surface area contributed by atoms with Gasteiger partial charge in [-0.3, -0.25) is 4.79 Å². The molecule has 13 nitrogen and oxygen atoms in total. The lowest BCUT2D eigenvalue weighted by Crippen LogP contribution is -2.54. The SMILES string of the molecule is CC[C@H](C)[C@@H](OC(=O)[C@H](C)N(C)C(=O)[C@@H](NC(=O)OCC1c2ccccc2-c2ccccc21)[C@@H](C)CC)[C@@H](C)[C@H](C/C=C(\C)C(=O)O[C@@H](C(=O)OC(C)(C)C)[C@@H](C)CC)OCc1ccc(OC)cc1. The van der Waals surface area contributed by atoms with Gasteiger partial charge in [0, 0.05) is 30.4 Å². The summed E-state index contributed by atoms with van der Waals surface area (Å²) in [6, 6.07) is 21.6. The molecule has 1 N–H and O–H groups in total. The summed E-state index contributed by atoms with van der Waals surface area (Å²) in [5.74, 6) is -2.88. The summed E-state index contributed by atoms with van der Waals surface area (Å²) in [5, 5.41) is 2.82. The first-order valence-electron chi connectivity index (χ1n) is 24.6. The number of rotatable bonds is 24. The standard InChI is InChI=1S/C56H78N2O11/c1-15-34(4)48(57-55(63)66-33-46-44-24-20-18-22-42(44)43-23-19-21-25-45(43)46)51(59)58(13)39(9)53(61)67-49(35(5)16-2)38(8)47(65-32-40-27-29-41(64-14)30-28-40)31-26-37(7)52(60)68-50(36(6)17-3)54(62)69-56(10,11)12/h18-30,34-36,38-39,46-50H,15-17,31-33H2,1-14H3,(H,57,63)/b37-26+/t34-,35-,36-,38-,39-,47-,48-,49+,50+/m0/s1. The van der Waals surface area contributed by atoms with Gasteiger partial charge in [-0.25, -0.2) is 19.2 Å². The van der Waals surface area contributed by atoms with Crippen LogP contribution in [-0.2, 0) is 49.5 Å². The van der Waals surface area contributed by atoms with E-state index in [4.69, 9.17) is 28.4 Å². The topological polar surface area (TPSA) is 156 Å². The summed E-state index contributed by atoms with van der Waals surface area (Å²) in [5.41, 5.74) is 4.77. The Morgan fingerprint density at radius 2 is 1.32 bits per heavy atom. The number of alkyl carbamates (subject to hydrolysis) is 1. The molecule has 0 saturated carbocycles. The largest absolute Gasteiger partial charge is 0.497 e. The first-order chi connectivity index (χ1) is 32.6. The summed E-state index contributed by atoms with van der Waals surface area (Å²) in [6.45, 7) is 22.3. The van der Waals surface area contributed by atoms with Crippen LogP contribution >= 0.6 is 0 Å². The van der Waals surface area contributed by atoms with Crippen molar-refractivity contribution in [2.75, 3.05) is 20.8 Å². The van der Waals surface area contributed by atoms with Crippen molar-refractivity contribution in [1.29, 1.82) is 0 Å². The maximum Gasteiger partial charge on any atom is 0.407 e. The van der Waals surface area contributed by atoms with Crippen LogP contribution in [0.1, 0.15) is 131 Å². The van der Waals surface area contributed by atoms with Gasteiger partial charge in [0.2, 0.25) is 12.0 Å². The second-order valence-corrected chi connectivity index (χ2v) is 19.7. The maximum absolute atomic E-state index is 14.3. The smallest absolute Gasteiger partial charge is 0.407 e. The lowest BCUT2D eigenvalue weighted by molar-refractivity contribution is -0.177. The van der Waals surface area contributed by atoms with Gasteiger partial charge in [-0.15, -0.1) is 0 Å². The minimum Gasteiger partial charge on any atom is -0.497 e. The number of likely N-dealkylation sites (N-methyl/N-ethyl adjacent to an activating group) is 1. The molecular formula is C56H78N2O11. The Morgan fingerprint density at radius 3 is 1.86 bits per heavy atom. The number of hydrogen-bond acceptors (Lipinski definition) is 11. The Morgan fingerprint density at radius 1 is 0.754 bits per heavy atom. The Hall–Kier alpha value is -5.69. The van der Waals surface area contributed by atoms with Crippen LogP contribution in [0.25, 0.3) is 11.1 Å². The van der Waals surface area contributed by atoms with E-state index in [1.165, 1.54) is 11.9 Å². The van der Waals surface area contributed by atoms with Crippen LogP contribution in [0.4, 0.5) is 4.79 Å². The highest BCUT2D eigenvalue weighted by molar-refractivity contribution is 5.91. The van der Waals surface area contributed by atoms with E-state index in [1.807, 2.05) is 109 Å². The molecule has 3 aromatic carbocycles. The van der Waals surface area contributed by atoms with Gasteiger partial charge in [0.15, 0.2) is 0 Å². The number of hydrogen-bond donors (Lipinski definition) is 1. The number of nitrogens with one attached hydrogen (secondary N) is 1. The number of methoxy groups -OCH3 is 1. The molecule has 0 bridgehead atoms. The van der Waals surface area contributed by atoms with Gasteiger partial charge < -0.3 is 38.6 Å². The Bertz CT molecular complexity index is 2170. The van der Waals surface area contributed by atoms with E-state index in [0.29, 0.717) is 25.0 Å². The first kappa shape index (κ1) is 55.9. The third-order valence-corrected chi connectivity index (χ3v) is 13.6. The maximum atomic E-state index is 14.3. The van der Waals surface area contributed by atoms with Gasteiger partial charge in [-0.1, -0.05) is 128 Å². The zero-order chi connectivity index (χ0) is 51.2. The third-order valence-electron chi connectivity index (χ3n) is 13.6. The van der Waals surface area contributed by atoms with Crippen LogP contribution in [0.5, 0.6) is 5.75 Å². The van der Waals surface area contributed by atoms with E-state index in [-0.39, 0.29) is 48.9 Å². The molecule has 0 unspecified atom stereocenters. The highest BCUT2D eigenvalue weighted by atomic mass is 16.6. The highest BCUT2D eigenvalue weighted by Gasteiger charge is 2.39. The van der Waals surface area contributed by atoms with Gasteiger partial charge in [0.1, 0.15) is 36.1 Å². The fraction of sp³-hybridized carbons (Fsp3) is 0.554. The number of fused-ring (bicyclic) bond motifs is 3. The average Bonchev–Trinajstić information content (AvgIpc) is 3.66. The van der Waals surface area contributed by atoms with E-state index in [9.17, 15) is 24.0 Å². The lowest BCUT2D eigenvalue weighted by Gasteiger charge is -2.36. The van der Waals surface area contributed by atoms with Gasteiger partial charge in [0.25, 0.3) is 0 Å². The average molecular weight is 955 g/mol. The Kier molecular flexibility index (Phi) is 20.9. The zero-order valence-electron chi connectivity index (χ0n) is 43.5. The second-order valence-electron chi connectivity index (χ2n) is 19.7. The predicted octanol–water partition coefficient (Wildman–Crippen LogP) is 10.6. The van der Waals surface area contributed by atoms with E-state index in [2.05, 4.69) is 17.4 Å². The molecule has 0 aromatic heterocycles. The van der Waals surface area contributed by atoms with Crippen molar-refractivity contribution >= 4 is 29.9 Å². The van der Waals surface area contributed by atoms with Gasteiger partial charge in [-0.2, -0.15) is 0 Å². The van der Waals surface area contributed by atoms with Crippen LogP contribution in [0.15, 0.2) is 84.4 Å². The molecule has 13 heteroatoms. The number of ether oxygens (including phenoxy) is 6. The van der Waals surface area contributed by atoms with Crippen molar-refractivity contribution in [2.45, 2.75) is 157 Å². The summed E-state index contributed by atoms with van der Waals surface area (Å²) >= 11 is 0. The summed E-state index contributed by atoms with van der Waals surface area (Å²) in [7, 11) is 3.13. The molecular weight excluding hydrogens is 877 g/mol. The van der Waals surface area contributed by atoms with Crippen LogP contribution in [-0.4, -0.2) is 91.6 Å². The number of benzene rings is 3. The van der Waals surface area contributed by atoms with E-state index in [1.54, 1.807) is 47.8 Å². The van der Waals surface area contributed by atoms with E-state index < -0.39 is 71.8 Å². The number of carbonyl (C=O) groups is 5. The molecule has 0 saturated heterocycles. The van der Waals surface area contributed by atoms with Crippen LogP contribution in [0.2, 0.25) is 0 Å². The van der Waals surface area contributed by atoms with Crippen LogP contribution in [0, 0.1) is 23.7 Å². The normalized spacial score (nSPS) is 16.5. The summed E-state index contributed by atoms with van der Waals surface area (Å²) in [4.78, 5) is 70.0. The Labute approximate surface area is 411 Å². The predicted molar refractivity (Wildman–Crippen MR) is 267 cm³/mol. The van der Waals surface area contributed by atoms with Crippen molar-refractivity contribution in [2.24, 2.45) is 23.7 Å². The number of carbonyl (C=O) groups excluding carboxylic acids is 5. The van der Waals surface area contributed by atoms with Crippen molar-refractivity contribution < 1.29 is 52.4 Å². The molecule has 0 radical (unpaired) electrons. The Balaban J connectivity index is 1.51. The third kappa shape index (κ3) is 15.1. The molecule has 3 aromatic rings. The molecule has 1 aliphatic carbocycles. The van der Waals surface area contributed by atoms with E-state index >= 15 is 0 Å². The molecule has 378 valence electrons. The molecule has 0 aliphatic heterocycles. The van der Waals surface area contributed by atoms with Crippen molar-refractivity contribution in [3.8, 4) is 16.9 Å². The van der Waals surface area contributed by atoms with Crippen LogP contribution in [0.3, 0.4) is 0 Å². The molecule has 69 heavy (non-hydrogen) atoms. The highest BCUT2D eigenvalue weighted by Crippen LogP contribution is 2.44. The first-order valence-corrected chi connectivity index (χ1v) is 24.6. The molecule has 2 amide bonds. The summed E-state index contributed by atoms with van der Waals surface area (Å²) < 4.78 is 35.5. The summed E-state index contributed by atoms with van der Waals surface area (Å²) in [6.07, 6.45) is 0.765. The fourth-order valence-corrected chi connectivity index (χ4v) is 8.35. The molecule has 9 atom stereocenters. The minimum atomic E-state index is -1.09. The molecule has 0 fully saturated rings. The lowest BCUT2D eigenvalue weighted by atomic mass is 9.86. The number of amides is 2. The van der Waals surface area contributed by atoms with Gasteiger partial charge >= 0.3 is 24.0 Å². The minimum absolute atomic E-state index is 0.0894. The zero-order valence-corrected chi connectivity index (χ0v) is 43.5. The molecule has 0 heterocycles. The van der Waals surface area contributed by atoms with Gasteiger partial charge in [-0.05, 0) is 99.2 Å². The quantitative estimate of drug-likeness (QED) is 0.0518. The fourth-order valence-electron chi connectivity index (χ4n) is 8.35. The molecule has 1 aliphatic rings. The van der Waals surface area contributed by atoms with Crippen molar-refractivity contribution in [3.05, 3.63) is 101 Å². The number of nitrogens with zero attached hydrogens (tertiary/aromatic N) is 1. The van der Waals surface area contributed by atoms with E-state index in [0.717, 1.165) is 27.8 Å². The van der Waals surface area contributed by atoms with Crippen molar-refractivity contribution in [3.63, 3.8) is 0 Å². The second kappa shape index (κ2) is 25.8. The molecule has 0 spiro atoms. The molecule has 4 rings (SSSR count).